The van der Waals surface area contributed by atoms with Gasteiger partial charge in [-0.25, -0.2) is 14.4 Å². The van der Waals surface area contributed by atoms with Crippen LogP contribution in [0.15, 0.2) is 29.0 Å². The van der Waals surface area contributed by atoms with Crippen molar-refractivity contribution in [2.24, 2.45) is 0 Å². The standard InChI is InChI=1S/C13H8ClFN2S/c1-7-10(15)3-2-9-11(7)16-13(17-12(9)14)8-4-5-18-6-8/h2-6H,1H3. The van der Waals surface area contributed by atoms with Gasteiger partial charge in [0.05, 0.1) is 5.52 Å². The smallest absolute Gasteiger partial charge is 0.162 e. The van der Waals surface area contributed by atoms with Crippen molar-refractivity contribution in [1.82, 2.24) is 9.97 Å². The molecule has 0 saturated carbocycles. The number of nitrogens with zero attached hydrogens (tertiary/aromatic N) is 2. The molecule has 0 radical (unpaired) electrons. The monoisotopic (exact) mass is 278 g/mol. The fourth-order valence-electron chi connectivity index (χ4n) is 1.79. The number of hydrogen-bond donors (Lipinski definition) is 0. The summed E-state index contributed by atoms with van der Waals surface area (Å²) in [4.78, 5) is 8.66. The summed E-state index contributed by atoms with van der Waals surface area (Å²) in [5.41, 5.74) is 1.96. The molecular weight excluding hydrogens is 271 g/mol. The van der Waals surface area contributed by atoms with E-state index in [1.807, 2.05) is 16.8 Å². The van der Waals surface area contributed by atoms with Crippen LogP contribution in [0.5, 0.6) is 0 Å². The van der Waals surface area contributed by atoms with Crippen LogP contribution in [-0.4, -0.2) is 9.97 Å². The third kappa shape index (κ3) is 1.78. The van der Waals surface area contributed by atoms with Crippen molar-refractivity contribution in [1.29, 1.82) is 0 Å². The Morgan fingerprint density at radius 3 is 2.78 bits per heavy atom. The SMILES string of the molecule is Cc1c(F)ccc2c(Cl)nc(-c3ccsc3)nc12. The van der Waals surface area contributed by atoms with Gasteiger partial charge in [0, 0.05) is 21.9 Å². The fourth-order valence-corrected chi connectivity index (χ4v) is 2.66. The zero-order chi connectivity index (χ0) is 12.7. The largest absolute Gasteiger partial charge is 0.227 e. The summed E-state index contributed by atoms with van der Waals surface area (Å²) < 4.78 is 13.6. The van der Waals surface area contributed by atoms with Crippen molar-refractivity contribution < 1.29 is 4.39 Å². The van der Waals surface area contributed by atoms with E-state index in [9.17, 15) is 4.39 Å². The maximum atomic E-state index is 13.6. The molecule has 3 rings (SSSR count). The molecule has 3 aromatic rings. The summed E-state index contributed by atoms with van der Waals surface area (Å²) in [7, 11) is 0. The number of thiophene rings is 1. The second-order valence-corrected chi connectivity index (χ2v) is 5.06. The van der Waals surface area contributed by atoms with E-state index < -0.39 is 0 Å². The summed E-state index contributed by atoms with van der Waals surface area (Å²) in [5, 5.41) is 4.90. The molecule has 18 heavy (non-hydrogen) atoms. The lowest BCUT2D eigenvalue weighted by Crippen LogP contribution is -1.94. The Morgan fingerprint density at radius 2 is 2.06 bits per heavy atom. The lowest BCUT2D eigenvalue weighted by atomic mass is 10.1. The van der Waals surface area contributed by atoms with Crippen LogP contribution in [-0.2, 0) is 0 Å². The average Bonchev–Trinajstić information content (AvgIpc) is 2.88. The number of aromatic nitrogens is 2. The zero-order valence-electron chi connectivity index (χ0n) is 9.45. The Balaban J connectivity index is 2.35. The predicted molar refractivity (Wildman–Crippen MR) is 72.6 cm³/mol. The molecule has 0 bridgehead atoms. The predicted octanol–water partition coefficient (Wildman–Crippen LogP) is 4.46. The van der Waals surface area contributed by atoms with Gasteiger partial charge in [0.2, 0.25) is 0 Å². The highest BCUT2D eigenvalue weighted by molar-refractivity contribution is 7.08. The van der Waals surface area contributed by atoms with E-state index in [1.54, 1.807) is 24.3 Å². The van der Waals surface area contributed by atoms with Crippen molar-refractivity contribution in [2.75, 3.05) is 0 Å². The van der Waals surface area contributed by atoms with Crippen LogP contribution in [0.1, 0.15) is 5.56 Å². The number of halogens is 2. The first-order valence-electron chi connectivity index (χ1n) is 5.32. The number of benzene rings is 1. The maximum absolute atomic E-state index is 13.6. The molecule has 0 aliphatic heterocycles. The third-order valence-electron chi connectivity index (χ3n) is 2.79. The minimum atomic E-state index is -0.284. The van der Waals surface area contributed by atoms with Crippen molar-refractivity contribution >= 4 is 33.8 Å². The number of hydrogen-bond acceptors (Lipinski definition) is 3. The fraction of sp³-hybridized carbons (Fsp3) is 0.0769. The van der Waals surface area contributed by atoms with Crippen molar-refractivity contribution in [2.45, 2.75) is 6.92 Å². The van der Waals surface area contributed by atoms with Gasteiger partial charge < -0.3 is 0 Å². The molecule has 0 aliphatic carbocycles. The van der Waals surface area contributed by atoms with Gasteiger partial charge in [-0.05, 0) is 30.5 Å². The van der Waals surface area contributed by atoms with Crippen molar-refractivity contribution in [3.63, 3.8) is 0 Å². The molecule has 0 saturated heterocycles. The topological polar surface area (TPSA) is 25.8 Å². The van der Waals surface area contributed by atoms with Gasteiger partial charge in [-0.1, -0.05) is 11.6 Å². The molecule has 2 aromatic heterocycles. The highest BCUT2D eigenvalue weighted by Crippen LogP contribution is 2.28. The van der Waals surface area contributed by atoms with Gasteiger partial charge >= 0.3 is 0 Å². The van der Waals surface area contributed by atoms with Gasteiger partial charge in [-0.2, -0.15) is 11.3 Å². The minimum Gasteiger partial charge on any atom is -0.227 e. The van der Waals surface area contributed by atoms with E-state index in [0.717, 1.165) is 5.56 Å². The van der Waals surface area contributed by atoms with Gasteiger partial charge in [-0.3, -0.25) is 0 Å². The first-order valence-corrected chi connectivity index (χ1v) is 6.64. The van der Waals surface area contributed by atoms with Crippen LogP contribution in [0, 0.1) is 12.7 Å². The van der Waals surface area contributed by atoms with Crippen molar-refractivity contribution in [3.05, 3.63) is 45.5 Å². The van der Waals surface area contributed by atoms with Crippen molar-refractivity contribution in [3.8, 4) is 11.4 Å². The van der Waals surface area contributed by atoms with Crippen LogP contribution >= 0.6 is 22.9 Å². The third-order valence-corrected chi connectivity index (χ3v) is 3.76. The molecular formula is C13H8ClFN2S. The van der Waals surface area contributed by atoms with E-state index in [4.69, 9.17) is 11.6 Å². The second kappa shape index (κ2) is 4.30. The Kier molecular flexibility index (Phi) is 2.76. The van der Waals surface area contributed by atoms with E-state index in [0.29, 0.717) is 27.4 Å². The minimum absolute atomic E-state index is 0.284. The summed E-state index contributed by atoms with van der Waals surface area (Å²) in [5.74, 6) is 0.246. The number of rotatable bonds is 1. The molecule has 0 aliphatic rings. The quantitative estimate of drug-likeness (QED) is 0.614. The summed E-state index contributed by atoms with van der Waals surface area (Å²) in [6.45, 7) is 1.69. The lowest BCUT2D eigenvalue weighted by molar-refractivity contribution is 0.620. The average molecular weight is 279 g/mol. The van der Waals surface area contributed by atoms with Gasteiger partial charge in [0.25, 0.3) is 0 Å². The van der Waals surface area contributed by atoms with E-state index in [1.165, 1.54) is 6.07 Å². The Morgan fingerprint density at radius 1 is 1.22 bits per heavy atom. The lowest BCUT2D eigenvalue weighted by Gasteiger charge is -2.06. The van der Waals surface area contributed by atoms with Crippen LogP contribution in [0.3, 0.4) is 0 Å². The normalized spacial score (nSPS) is 11.1. The van der Waals surface area contributed by atoms with Crippen LogP contribution < -0.4 is 0 Å². The zero-order valence-corrected chi connectivity index (χ0v) is 11.0. The summed E-state index contributed by atoms with van der Waals surface area (Å²) in [6, 6.07) is 4.91. The molecule has 90 valence electrons. The maximum Gasteiger partial charge on any atom is 0.162 e. The first kappa shape index (κ1) is 11.6. The Labute approximate surface area is 112 Å². The molecule has 2 heterocycles. The molecule has 1 aromatic carbocycles. The number of fused-ring (bicyclic) bond motifs is 1. The molecule has 5 heteroatoms. The molecule has 0 amide bonds. The Bertz CT molecular complexity index is 725. The molecule has 0 spiro atoms. The summed E-state index contributed by atoms with van der Waals surface area (Å²) in [6.07, 6.45) is 0. The van der Waals surface area contributed by atoms with E-state index in [-0.39, 0.29) is 5.82 Å². The highest BCUT2D eigenvalue weighted by Gasteiger charge is 2.12. The first-order chi connectivity index (χ1) is 8.66. The van der Waals surface area contributed by atoms with Crippen LogP contribution in [0.4, 0.5) is 4.39 Å². The molecule has 2 nitrogen and oxygen atoms in total. The van der Waals surface area contributed by atoms with Gasteiger partial charge in [-0.15, -0.1) is 0 Å². The van der Waals surface area contributed by atoms with E-state index >= 15 is 0 Å². The molecule has 0 fully saturated rings. The summed E-state index contributed by atoms with van der Waals surface area (Å²) >= 11 is 7.69. The number of aryl methyl sites for hydroxylation is 1. The molecule has 0 unspecified atom stereocenters. The Hall–Kier alpha value is -1.52. The molecule has 0 atom stereocenters. The second-order valence-electron chi connectivity index (χ2n) is 3.92. The molecule has 0 N–H and O–H groups in total. The van der Waals surface area contributed by atoms with Crippen LogP contribution in [0.25, 0.3) is 22.3 Å². The highest BCUT2D eigenvalue weighted by atomic mass is 35.5. The van der Waals surface area contributed by atoms with Gasteiger partial charge in [0.15, 0.2) is 5.82 Å². The van der Waals surface area contributed by atoms with Gasteiger partial charge in [0.1, 0.15) is 11.0 Å². The van der Waals surface area contributed by atoms with E-state index in [2.05, 4.69) is 9.97 Å². The van der Waals surface area contributed by atoms with Crippen LogP contribution in [0.2, 0.25) is 5.15 Å².